The van der Waals surface area contributed by atoms with Gasteiger partial charge in [0.25, 0.3) is 0 Å². The molecule has 1 aliphatic rings. The number of carbonyl (C=O) groups is 1. The number of nitrogens with one attached hydrogen (secondary N) is 1. The van der Waals surface area contributed by atoms with Crippen LogP contribution in [0.15, 0.2) is 42.0 Å². The van der Waals surface area contributed by atoms with Crippen LogP contribution in [0.3, 0.4) is 0 Å². The number of rotatable bonds is 5. The highest BCUT2D eigenvalue weighted by molar-refractivity contribution is 7.10. The van der Waals surface area contributed by atoms with Gasteiger partial charge in [-0.2, -0.15) is 0 Å². The standard InChI is InChI=1S/C17H22N2OS/c20-17(18-14-7-2-1-3-8-14)13-15(16-9-6-12-21-16)19-10-4-5-11-19/h4-6,9-12,14-15H,1-3,7-8,13H2,(H,18,20). The number of hydrogen-bond donors (Lipinski definition) is 1. The monoisotopic (exact) mass is 302 g/mol. The number of nitrogens with zero attached hydrogens (tertiary/aromatic N) is 1. The third-order valence-corrected chi connectivity index (χ3v) is 5.18. The van der Waals surface area contributed by atoms with Gasteiger partial charge in [0.05, 0.1) is 12.5 Å². The first-order valence-corrected chi connectivity index (χ1v) is 8.66. The molecule has 3 nitrogen and oxygen atoms in total. The van der Waals surface area contributed by atoms with Crippen molar-refractivity contribution < 1.29 is 4.79 Å². The van der Waals surface area contributed by atoms with E-state index in [0.717, 1.165) is 12.8 Å². The van der Waals surface area contributed by atoms with E-state index in [9.17, 15) is 4.79 Å². The molecule has 1 amide bonds. The maximum Gasteiger partial charge on any atom is 0.222 e. The zero-order chi connectivity index (χ0) is 14.5. The zero-order valence-corrected chi connectivity index (χ0v) is 13.0. The fourth-order valence-electron chi connectivity index (χ4n) is 3.10. The molecule has 1 N–H and O–H groups in total. The van der Waals surface area contributed by atoms with Gasteiger partial charge in [0, 0.05) is 23.3 Å². The van der Waals surface area contributed by atoms with Crippen molar-refractivity contribution in [2.24, 2.45) is 0 Å². The molecule has 1 unspecified atom stereocenters. The van der Waals surface area contributed by atoms with Crippen LogP contribution >= 0.6 is 11.3 Å². The van der Waals surface area contributed by atoms with E-state index in [0.29, 0.717) is 12.5 Å². The zero-order valence-electron chi connectivity index (χ0n) is 12.2. The summed E-state index contributed by atoms with van der Waals surface area (Å²) in [6.07, 6.45) is 10.7. The minimum Gasteiger partial charge on any atom is -0.353 e. The molecule has 1 saturated carbocycles. The Balaban J connectivity index is 1.65. The van der Waals surface area contributed by atoms with Crippen LogP contribution in [0.4, 0.5) is 0 Å². The van der Waals surface area contributed by atoms with Crippen molar-refractivity contribution in [3.05, 3.63) is 46.9 Å². The molecule has 4 heteroatoms. The molecule has 0 radical (unpaired) electrons. The first kappa shape index (κ1) is 14.4. The van der Waals surface area contributed by atoms with E-state index < -0.39 is 0 Å². The quantitative estimate of drug-likeness (QED) is 0.890. The lowest BCUT2D eigenvalue weighted by atomic mass is 9.95. The molecule has 1 atom stereocenters. The molecule has 2 heterocycles. The summed E-state index contributed by atoms with van der Waals surface area (Å²) in [5, 5.41) is 5.30. The molecule has 1 fully saturated rings. The lowest BCUT2D eigenvalue weighted by Gasteiger charge is -2.24. The van der Waals surface area contributed by atoms with Crippen LogP contribution in [0.25, 0.3) is 0 Å². The van der Waals surface area contributed by atoms with E-state index in [1.807, 2.05) is 24.5 Å². The van der Waals surface area contributed by atoms with Crippen LogP contribution < -0.4 is 5.32 Å². The summed E-state index contributed by atoms with van der Waals surface area (Å²) in [4.78, 5) is 13.6. The molecule has 1 aliphatic carbocycles. The first-order chi connectivity index (χ1) is 10.3. The van der Waals surface area contributed by atoms with E-state index in [2.05, 4.69) is 27.4 Å². The second-order valence-corrected chi connectivity index (χ2v) is 6.75. The van der Waals surface area contributed by atoms with E-state index in [1.165, 1.54) is 24.1 Å². The Morgan fingerprint density at radius 2 is 2.00 bits per heavy atom. The highest BCUT2D eigenvalue weighted by Gasteiger charge is 2.21. The summed E-state index contributed by atoms with van der Waals surface area (Å²) in [5.74, 6) is 0.175. The largest absolute Gasteiger partial charge is 0.353 e. The fraction of sp³-hybridized carbons (Fsp3) is 0.471. The Labute approximate surface area is 130 Å². The van der Waals surface area contributed by atoms with Gasteiger partial charge >= 0.3 is 0 Å². The van der Waals surface area contributed by atoms with Gasteiger partial charge in [-0.25, -0.2) is 0 Å². The Morgan fingerprint density at radius 3 is 2.67 bits per heavy atom. The molecule has 0 spiro atoms. The summed E-state index contributed by atoms with van der Waals surface area (Å²) >= 11 is 1.72. The lowest BCUT2D eigenvalue weighted by molar-refractivity contribution is -0.122. The summed E-state index contributed by atoms with van der Waals surface area (Å²) in [6, 6.07) is 8.70. The fourth-order valence-corrected chi connectivity index (χ4v) is 3.93. The second kappa shape index (κ2) is 6.94. The Hall–Kier alpha value is -1.55. The number of hydrogen-bond acceptors (Lipinski definition) is 2. The average molecular weight is 302 g/mol. The first-order valence-electron chi connectivity index (χ1n) is 7.78. The van der Waals surface area contributed by atoms with Gasteiger partial charge in [-0.3, -0.25) is 4.79 Å². The Kier molecular flexibility index (Phi) is 4.76. The van der Waals surface area contributed by atoms with Crippen molar-refractivity contribution in [2.75, 3.05) is 0 Å². The van der Waals surface area contributed by atoms with Gasteiger partial charge < -0.3 is 9.88 Å². The average Bonchev–Trinajstić information content (AvgIpc) is 3.19. The molecule has 0 aromatic carbocycles. The molecule has 21 heavy (non-hydrogen) atoms. The number of aromatic nitrogens is 1. The van der Waals surface area contributed by atoms with Gasteiger partial charge in [-0.15, -0.1) is 11.3 Å². The molecule has 0 bridgehead atoms. The third-order valence-electron chi connectivity index (χ3n) is 4.21. The predicted molar refractivity (Wildman–Crippen MR) is 86.5 cm³/mol. The van der Waals surface area contributed by atoms with Gasteiger partial charge in [0.1, 0.15) is 0 Å². The van der Waals surface area contributed by atoms with Crippen molar-refractivity contribution in [3.63, 3.8) is 0 Å². The molecule has 2 aromatic rings. The summed E-state index contributed by atoms with van der Waals surface area (Å²) in [5.41, 5.74) is 0. The van der Waals surface area contributed by atoms with E-state index in [4.69, 9.17) is 0 Å². The van der Waals surface area contributed by atoms with E-state index in [1.54, 1.807) is 11.3 Å². The van der Waals surface area contributed by atoms with Gasteiger partial charge in [-0.05, 0) is 36.4 Å². The van der Waals surface area contributed by atoms with E-state index in [-0.39, 0.29) is 11.9 Å². The highest BCUT2D eigenvalue weighted by Crippen LogP contribution is 2.27. The third kappa shape index (κ3) is 3.76. The van der Waals surface area contributed by atoms with Crippen molar-refractivity contribution >= 4 is 17.2 Å². The molecule has 112 valence electrons. The number of amides is 1. The van der Waals surface area contributed by atoms with Crippen LogP contribution in [0.1, 0.15) is 49.4 Å². The molecular weight excluding hydrogens is 280 g/mol. The van der Waals surface area contributed by atoms with Crippen molar-refractivity contribution in [1.29, 1.82) is 0 Å². The summed E-state index contributed by atoms with van der Waals surface area (Å²) in [7, 11) is 0. The maximum absolute atomic E-state index is 12.4. The predicted octanol–water partition coefficient (Wildman–Crippen LogP) is 3.98. The van der Waals surface area contributed by atoms with Crippen molar-refractivity contribution in [1.82, 2.24) is 9.88 Å². The molecular formula is C17H22N2OS. The minimum absolute atomic E-state index is 0.114. The normalized spacial score (nSPS) is 17.5. The van der Waals surface area contributed by atoms with E-state index >= 15 is 0 Å². The summed E-state index contributed by atoms with van der Waals surface area (Å²) < 4.78 is 2.13. The van der Waals surface area contributed by atoms with Crippen LogP contribution in [0, 0.1) is 0 Å². The SMILES string of the molecule is O=C(CC(c1cccs1)n1cccc1)NC1CCCCC1. The summed E-state index contributed by atoms with van der Waals surface area (Å²) in [6.45, 7) is 0. The number of thiophene rings is 1. The smallest absolute Gasteiger partial charge is 0.222 e. The van der Waals surface area contributed by atoms with Gasteiger partial charge in [-0.1, -0.05) is 25.3 Å². The molecule has 0 aliphatic heterocycles. The Morgan fingerprint density at radius 1 is 1.24 bits per heavy atom. The molecule has 0 saturated heterocycles. The molecule has 3 rings (SSSR count). The van der Waals surface area contributed by atoms with Gasteiger partial charge in [0.2, 0.25) is 5.91 Å². The molecule has 2 aromatic heterocycles. The maximum atomic E-state index is 12.4. The van der Waals surface area contributed by atoms with Gasteiger partial charge in [0.15, 0.2) is 0 Å². The minimum atomic E-state index is 0.114. The van der Waals surface area contributed by atoms with Crippen LogP contribution in [-0.2, 0) is 4.79 Å². The number of carbonyl (C=O) groups excluding carboxylic acids is 1. The van der Waals surface area contributed by atoms with Crippen molar-refractivity contribution in [2.45, 2.75) is 50.6 Å². The topological polar surface area (TPSA) is 34.0 Å². The second-order valence-electron chi connectivity index (χ2n) is 5.77. The van der Waals surface area contributed by atoms with Crippen LogP contribution in [-0.4, -0.2) is 16.5 Å². The van der Waals surface area contributed by atoms with Crippen molar-refractivity contribution in [3.8, 4) is 0 Å². The lowest BCUT2D eigenvalue weighted by Crippen LogP contribution is -2.37. The van der Waals surface area contributed by atoms with Crippen LogP contribution in [0.2, 0.25) is 0 Å². The van der Waals surface area contributed by atoms with Crippen LogP contribution in [0.5, 0.6) is 0 Å². The Bertz CT molecular complexity index is 507. The highest BCUT2D eigenvalue weighted by atomic mass is 32.1.